The minimum Gasteiger partial charge on any atom is -0.457 e. The smallest absolute Gasteiger partial charge is 0.137 e. The molecule has 0 aliphatic carbocycles. The second-order valence-electron chi connectivity index (χ2n) is 23.8. The summed E-state index contributed by atoms with van der Waals surface area (Å²) in [6.45, 7) is 20.3. The summed E-state index contributed by atoms with van der Waals surface area (Å²) in [6.07, 6.45) is 1.91. The van der Waals surface area contributed by atoms with E-state index in [1.54, 1.807) is 0 Å². The molecule has 0 bridgehead atoms. The molecule has 9 aromatic carbocycles. The molecule has 0 unspecified atom stereocenters. The summed E-state index contributed by atoms with van der Waals surface area (Å²) in [5.41, 5.74) is 11.3. The number of benzene rings is 9. The van der Waals surface area contributed by atoms with Gasteiger partial charge in [0.1, 0.15) is 24.0 Å². The van der Waals surface area contributed by atoms with E-state index in [0.29, 0.717) is 23.7 Å². The monoisotopic (exact) mass is 1010 g/mol. The zero-order valence-electron chi connectivity index (χ0n) is 50.2. The van der Waals surface area contributed by atoms with Gasteiger partial charge in [0, 0.05) is 51.1 Å². The summed E-state index contributed by atoms with van der Waals surface area (Å²) in [4.78, 5) is 7.36. The van der Waals surface area contributed by atoms with Gasteiger partial charge < -0.3 is 14.2 Å². The van der Waals surface area contributed by atoms with Gasteiger partial charge in [0.2, 0.25) is 0 Å². The van der Waals surface area contributed by atoms with Crippen LogP contribution in [-0.4, -0.2) is 14.1 Å². The number of hydrogen-bond acceptors (Lipinski definition) is 3. The van der Waals surface area contributed by atoms with E-state index in [-0.39, 0.29) is 46.0 Å². The third-order valence-electron chi connectivity index (χ3n) is 15.6. The van der Waals surface area contributed by atoms with E-state index in [4.69, 9.17) is 16.6 Å². The Morgan fingerprint density at radius 1 is 0.442 bits per heavy atom. The molecule has 0 amide bonds. The minimum atomic E-state index is -0.414. The summed E-state index contributed by atoms with van der Waals surface area (Å²) >= 11 is 0. The molecular weight excluding hydrogens is 937 g/mol. The van der Waals surface area contributed by atoms with E-state index in [1.807, 2.05) is 18.3 Å². The third kappa shape index (κ3) is 8.37. The molecule has 1 aliphatic rings. The first-order chi connectivity index (χ1) is 39.1. The van der Waals surface area contributed by atoms with Gasteiger partial charge in [-0.05, 0) is 126 Å². The van der Waals surface area contributed by atoms with E-state index < -0.39 is 6.04 Å². The Hall–Kier alpha value is -8.67. The summed E-state index contributed by atoms with van der Waals surface area (Å²) in [6, 6.07) is 61.0. The van der Waals surface area contributed by atoms with Crippen molar-refractivity contribution in [2.45, 2.75) is 85.2 Å². The fourth-order valence-electron chi connectivity index (χ4n) is 11.5. The van der Waals surface area contributed by atoms with Gasteiger partial charge in [-0.2, -0.15) is 0 Å². The summed E-state index contributed by atoms with van der Waals surface area (Å²) in [5, 5.41) is 8.83. The van der Waals surface area contributed by atoms with Crippen LogP contribution in [0.2, 0.25) is 0 Å². The normalized spacial score (nSPS) is 13.8. The van der Waals surface area contributed by atoms with Gasteiger partial charge in [-0.1, -0.05) is 202 Å². The van der Waals surface area contributed by atoms with Crippen molar-refractivity contribution in [3.05, 3.63) is 229 Å². The molecule has 0 saturated heterocycles. The SMILES string of the molecule is [2H]c1c([2H])c([2H])c(-c2cc(-c3cccc4c5ccccc5c5ccccc5c5cccc6c5n(c34)CN6c3cc(Oc4ccc5c6ccccc6n(-c6cc(C(C)(C)C)ccn6)c5c4)cc(C(C)(C)C)c3)cc(C(C)(C)C)c2)c([2H])c1[2H]. The van der Waals surface area contributed by atoms with E-state index in [2.05, 4.69) is 240 Å². The molecule has 0 N–H and O–H groups in total. The minimum absolute atomic E-state index is 0.0611. The molecule has 3 aromatic heterocycles. The number of rotatable bonds is 6. The van der Waals surface area contributed by atoms with Crippen LogP contribution in [0, 0.1) is 0 Å². The average molecular weight is 1010 g/mol. The standard InChI is InChI=1S/C72H64N4O/c1-70(2,3)49-35-36-73-67(42-49)76-64-31-18-17-27-60(64)61-34-33-53(44-66(61)76)77-54-41-51(72(7,8)9)40-52(43-54)74-45-75-68-55(48-37-47(46-21-11-10-12-22-46)38-50(39-48)71(4,5)6)28-19-29-62(68)58-25-15-13-23-56(58)57-24-14-16-26-59(57)63-30-20-32-65(74)69(63)75/h10-44H,45H2,1-9H3/i10D,11D,12D,21D,22D. The van der Waals surface area contributed by atoms with Gasteiger partial charge >= 0.3 is 0 Å². The molecule has 5 heteroatoms. The van der Waals surface area contributed by atoms with Crippen LogP contribution in [0.1, 0.15) is 85.9 Å². The maximum Gasteiger partial charge on any atom is 0.137 e. The molecule has 0 saturated carbocycles. The molecule has 0 atom stereocenters. The number of aromatic nitrogens is 3. The molecule has 0 spiro atoms. The number of pyridine rings is 1. The van der Waals surface area contributed by atoms with Crippen LogP contribution in [-0.2, 0) is 22.9 Å². The number of fused-ring (bicyclic) bond motifs is 10. The number of para-hydroxylation sites is 3. The van der Waals surface area contributed by atoms with Gasteiger partial charge in [0.05, 0.1) is 34.6 Å². The van der Waals surface area contributed by atoms with Gasteiger partial charge in [0.15, 0.2) is 0 Å². The van der Waals surface area contributed by atoms with E-state index in [1.165, 1.54) is 5.56 Å². The van der Waals surface area contributed by atoms with E-state index >= 15 is 0 Å². The lowest BCUT2D eigenvalue weighted by atomic mass is 9.83. The molecule has 5 nitrogen and oxygen atoms in total. The second-order valence-corrected chi connectivity index (χ2v) is 23.8. The van der Waals surface area contributed by atoms with Crippen molar-refractivity contribution in [1.82, 2.24) is 14.1 Å². The first-order valence-electron chi connectivity index (χ1n) is 29.2. The Kier molecular flexibility index (Phi) is 9.94. The fraction of sp³-hybridized carbons (Fsp3) is 0.181. The molecule has 12 aromatic rings. The highest BCUT2D eigenvalue weighted by Crippen LogP contribution is 2.47. The van der Waals surface area contributed by atoms with Crippen LogP contribution in [0.3, 0.4) is 0 Å². The van der Waals surface area contributed by atoms with Crippen LogP contribution in [0.5, 0.6) is 11.5 Å². The number of ether oxygens (including phenoxy) is 1. The van der Waals surface area contributed by atoms with Crippen molar-refractivity contribution in [2.75, 3.05) is 4.90 Å². The molecule has 77 heavy (non-hydrogen) atoms. The number of anilines is 2. The highest BCUT2D eigenvalue weighted by atomic mass is 16.5. The predicted octanol–water partition coefficient (Wildman–Crippen LogP) is 19.8. The Labute approximate surface area is 459 Å². The first kappa shape index (κ1) is 42.5. The topological polar surface area (TPSA) is 35.2 Å². The van der Waals surface area contributed by atoms with Crippen molar-refractivity contribution >= 4 is 76.5 Å². The molecule has 378 valence electrons. The Bertz CT molecular complexity index is 4690. The molecule has 1 aliphatic heterocycles. The molecule has 4 heterocycles. The lowest BCUT2D eigenvalue weighted by molar-refractivity contribution is 0.479. The molecule has 13 rings (SSSR count). The van der Waals surface area contributed by atoms with Crippen molar-refractivity contribution < 1.29 is 11.6 Å². The van der Waals surface area contributed by atoms with Crippen LogP contribution >= 0.6 is 0 Å². The van der Waals surface area contributed by atoms with Crippen LogP contribution in [0.4, 0.5) is 11.4 Å². The summed E-state index contributed by atoms with van der Waals surface area (Å²) < 4.78 is 56.0. The lowest BCUT2D eigenvalue weighted by Crippen LogP contribution is -2.17. The maximum absolute atomic E-state index is 9.15. The van der Waals surface area contributed by atoms with Crippen molar-refractivity contribution in [3.63, 3.8) is 0 Å². The second kappa shape index (κ2) is 18.0. The first-order valence-corrected chi connectivity index (χ1v) is 26.7. The van der Waals surface area contributed by atoms with Crippen LogP contribution in [0.15, 0.2) is 212 Å². The van der Waals surface area contributed by atoms with Gasteiger partial charge in [0.25, 0.3) is 0 Å². The maximum atomic E-state index is 9.15. The van der Waals surface area contributed by atoms with Gasteiger partial charge in [-0.15, -0.1) is 0 Å². The Morgan fingerprint density at radius 2 is 1.03 bits per heavy atom. The van der Waals surface area contributed by atoms with Crippen LogP contribution in [0.25, 0.3) is 93.2 Å². The van der Waals surface area contributed by atoms with E-state index in [0.717, 1.165) is 105 Å². The predicted molar refractivity (Wildman–Crippen MR) is 326 cm³/mol. The molecule has 0 radical (unpaired) electrons. The molecule has 0 fully saturated rings. The van der Waals surface area contributed by atoms with Gasteiger partial charge in [-0.25, -0.2) is 4.98 Å². The number of nitrogens with zero attached hydrogens (tertiary/aromatic N) is 4. The zero-order valence-corrected chi connectivity index (χ0v) is 45.2. The fourth-order valence-corrected chi connectivity index (χ4v) is 11.5. The summed E-state index contributed by atoms with van der Waals surface area (Å²) in [5.74, 6) is 2.29. The van der Waals surface area contributed by atoms with Crippen molar-refractivity contribution in [2.24, 2.45) is 0 Å². The Morgan fingerprint density at radius 3 is 1.71 bits per heavy atom. The Balaban J connectivity index is 1.05. The lowest BCUT2D eigenvalue weighted by Gasteiger charge is -2.26. The molecular formula is C72H64N4O. The zero-order chi connectivity index (χ0) is 57.3. The highest BCUT2D eigenvalue weighted by molar-refractivity contribution is 6.22. The average Bonchev–Trinajstić information content (AvgIpc) is 2.04. The van der Waals surface area contributed by atoms with Crippen LogP contribution < -0.4 is 9.64 Å². The summed E-state index contributed by atoms with van der Waals surface area (Å²) in [7, 11) is 0. The number of hydrogen-bond donors (Lipinski definition) is 0. The van der Waals surface area contributed by atoms with Crippen molar-refractivity contribution in [3.8, 4) is 39.6 Å². The van der Waals surface area contributed by atoms with Crippen molar-refractivity contribution in [1.29, 1.82) is 0 Å². The van der Waals surface area contributed by atoms with Gasteiger partial charge in [-0.3, -0.25) is 4.57 Å². The quantitative estimate of drug-likeness (QED) is 0.166. The van der Waals surface area contributed by atoms with E-state index in [9.17, 15) is 0 Å². The third-order valence-corrected chi connectivity index (χ3v) is 15.6. The largest absolute Gasteiger partial charge is 0.457 e. The highest BCUT2D eigenvalue weighted by Gasteiger charge is 2.28.